The van der Waals surface area contributed by atoms with Crippen LogP contribution in [-0.2, 0) is 6.54 Å². The van der Waals surface area contributed by atoms with E-state index in [0.29, 0.717) is 30.2 Å². The first kappa shape index (κ1) is 14.6. The number of hydrogen-bond donors (Lipinski definition) is 1. The van der Waals surface area contributed by atoms with Crippen LogP contribution in [-0.4, -0.2) is 36.2 Å². The lowest BCUT2D eigenvalue weighted by Crippen LogP contribution is -2.24. The van der Waals surface area contributed by atoms with E-state index in [1.807, 2.05) is 36.4 Å². The van der Waals surface area contributed by atoms with Crippen molar-refractivity contribution in [1.82, 2.24) is 14.9 Å². The molecular weight excluding hydrogens is 306 g/mol. The summed E-state index contributed by atoms with van der Waals surface area (Å²) in [6.45, 7) is 1.22. The highest BCUT2D eigenvalue weighted by Gasteiger charge is 2.22. The van der Waals surface area contributed by atoms with Crippen LogP contribution in [0, 0.1) is 0 Å². The fourth-order valence-electron chi connectivity index (χ4n) is 3.12. The Kier molecular flexibility index (Phi) is 3.37. The molecule has 0 saturated carbocycles. The Morgan fingerprint density at radius 3 is 2.58 bits per heavy atom. The first-order valence-corrected chi connectivity index (χ1v) is 7.72. The fraction of sp³-hybridized carbons (Fsp3) is 0.222. The van der Waals surface area contributed by atoms with E-state index in [2.05, 4.69) is 9.88 Å². The standard InChI is InChI=1S/C18H17N3O3/c1-23-12-8-11(9-13(10-12)24-2)17-20-15-5-3-4-14-16(15)21(17)7-6-19-18(14)22/h3-5,8-10H,6-7H2,1-2H3,(H,19,22). The van der Waals surface area contributed by atoms with Crippen LogP contribution in [0.4, 0.5) is 0 Å². The van der Waals surface area contributed by atoms with Gasteiger partial charge in [0.15, 0.2) is 0 Å². The lowest BCUT2D eigenvalue weighted by Gasteiger charge is -2.10. The van der Waals surface area contributed by atoms with Crippen molar-refractivity contribution < 1.29 is 14.3 Å². The topological polar surface area (TPSA) is 65.4 Å². The molecule has 1 aliphatic rings. The minimum atomic E-state index is -0.0611. The van der Waals surface area contributed by atoms with Crippen LogP contribution in [0.25, 0.3) is 22.4 Å². The quantitative estimate of drug-likeness (QED) is 0.804. The Morgan fingerprint density at radius 2 is 1.88 bits per heavy atom. The predicted molar refractivity (Wildman–Crippen MR) is 90.6 cm³/mol. The van der Waals surface area contributed by atoms with Gasteiger partial charge in [0, 0.05) is 24.7 Å². The highest BCUT2D eigenvalue weighted by molar-refractivity contribution is 6.06. The molecule has 0 fully saturated rings. The van der Waals surface area contributed by atoms with Crippen LogP contribution >= 0.6 is 0 Å². The van der Waals surface area contributed by atoms with Crippen LogP contribution in [0.5, 0.6) is 11.5 Å². The lowest BCUT2D eigenvalue weighted by molar-refractivity contribution is 0.0956. The van der Waals surface area contributed by atoms with E-state index in [1.165, 1.54) is 0 Å². The summed E-state index contributed by atoms with van der Waals surface area (Å²) in [7, 11) is 3.24. The third-order valence-electron chi connectivity index (χ3n) is 4.24. The van der Waals surface area contributed by atoms with Crippen molar-refractivity contribution in [3.05, 3.63) is 42.0 Å². The largest absolute Gasteiger partial charge is 0.497 e. The number of rotatable bonds is 3. The molecule has 2 aromatic carbocycles. The number of imidazole rings is 1. The highest BCUT2D eigenvalue weighted by atomic mass is 16.5. The van der Waals surface area contributed by atoms with Gasteiger partial charge in [-0.25, -0.2) is 4.98 Å². The molecule has 24 heavy (non-hydrogen) atoms. The van der Waals surface area contributed by atoms with Gasteiger partial charge in [-0.3, -0.25) is 4.79 Å². The maximum Gasteiger partial charge on any atom is 0.253 e. The summed E-state index contributed by atoms with van der Waals surface area (Å²) in [6, 6.07) is 11.3. The maximum atomic E-state index is 12.2. The Balaban J connectivity index is 2.00. The number of carbonyl (C=O) groups excluding carboxylic acids is 1. The van der Waals surface area contributed by atoms with Crippen LogP contribution < -0.4 is 14.8 Å². The number of para-hydroxylation sites is 1. The molecule has 1 aromatic heterocycles. The number of nitrogens with one attached hydrogen (secondary N) is 1. The van der Waals surface area contributed by atoms with Gasteiger partial charge < -0.3 is 19.4 Å². The molecule has 0 unspecified atom stereocenters. The van der Waals surface area contributed by atoms with Gasteiger partial charge in [0.25, 0.3) is 5.91 Å². The second kappa shape index (κ2) is 5.56. The SMILES string of the molecule is COc1cc(OC)cc(-c2nc3cccc4c3n2CCNC4=O)c1. The summed E-state index contributed by atoms with van der Waals surface area (Å²) >= 11 is 0. The molecule has 0 radical (unpaired) electrons. The number of methoxy groups -OCH3 is 2. The number of aromatic nitrogens is 2. The van der Waals surface area contributed by atoms with E-state index in [1.54, 1.807) is 14.2 Å². The number of hydrogen-bond acceptors (Lipinski definition) is 4. The third kappa shape index (κ3) is 2.19. The molecule has 0 spiro atoms. The summed E-state index contributed by atoms with van der Waals surface area (Å²) in [5.41, 5.74) is 3.21. The minimum Gasteiger partial charge on any atom is -0.497 e. The first-order chi connectivity index (χ1) is 11.7. The van der Waals surface area contributed by atoms with Gasteiger partial charge in [-0.05, 0) is 24.3 Å². The summed E-state index contributed by atoms with van der Waals surface area (Å²) in [5, 5.41) is 2.92. The zero-order valence-electron chi connectivity index (χ0n) is 13.5. The van der Waals surface area contributed by atoms with Crippen molar-refractivity contribution >= 4 is 16.9 Å². The molecule has 122 valence electrons. The molecule has 2 heterocycles. The number of benzene rings is 2. The number of amides is 1. The average Bonchev–Trinajstić information content (AvgIpc) is 2.90. The van der Waals surface area contributed by atoms with Crippen molar-refractivity contribution in [1.29, 1.82) is 0 Å². The molecule has 0 bridgehead atoms. The van der Waals surface area contributed by atoms with Crippen molar-refractivity contribution in [2.24, 2.45) is 0 Å². The zero-order chi connectivity index (χ0) is 16.7. The zero-order valence-corrected chi connectivity index (χ0v) is 13.5. The van der Waals surface area contributed by atoms with Gasteiger partial charge in [0.2, 0.25) is 0 Å². The molecule has 1 amide bonds. The highest BCUT2D eigenvalue weighted by Crippen LogP contribution is 2.33. The van der Waals surface area contributed by atoms with E-state index in [0.717, 1.165) is 22.4 Å². The second-order valence-corrected chi connectivity index (χ2v) is 5.62. The predicted octanol–water partition coefficient (Wildman–Crippen LogP) is 2.46. The van der Waals surface area contributed by atoms with E-state index in [9.17, 15) is 4.79 Å². The number of ether oxygens (including phenoxy) is 2. The molecular formula is C18H17N3O3. The van der Waals surface area contributed by atoms with Gasteiger partial charge in [-0.1, -0.05) is 6.07 Å². The van der Waals surface area contributed by atoms with Crippen LogP contribution in [0.3, 0.4) is 0 Å². The Hall–Kier alpha value is -3.02. The normalized spacial score (nSPS) is 13.5. The number of nitrogens with zero attached hydrogens (tertiary/aromatic N) is 2. The van der Waals surface area contributed by atoms with Crippen molar-refractivity contribution in [3.8, 4) is 22.9 Å². The molecule has 6 nitrogen and oxygen atoms in total. The molecule has 4 rings (SSSR count). The van der Waals surface area contributed by atoms with Gasteiger partial charge in [0.1, 0.15) is 17.3 Å². The Morgan fingerprint density at radius 1 is 1.12 bits per heavy atom. The van der Waals surface area contributed by atoms with Crippen molar-refractivity contribution in [2.45, 2.75) is 6.54 Å². The molecule has 1 aliphatic heterocycles. The molecule has 1 N–H and O–H groups in total. The van der Waals surface area contributed by atoms with E-state index in [4.69, 9.17) is 14.5 Å². The molecule has 0 atom stereocenters. The maximum absolute atomic E-state index is 12.2. The average molecular weight is 323 g/mol. The van der Waals surface area contributed by atoms with Crippen molar-refractivity contribution in [2.75, 3.05) is 20.8 Å². The number of carbonyl (C=O) groups is 1. The van der Waals surface area contributed by atoms with Gasteiger partial charge >= 0.3 is 0 Å². The van der Waals surface area contributed by atoms with Crippen molar-refractivity contribution in [3.63, 3.8) is 0 Å². The Bertz CT molecular complexity index is 924. The molecule has 0 aliphatic carbocycles. The lowest BCUT2D eigenvalue weighted by atomic mass is 10.1. The summed E-state index contributed by atoms with van der Waals surface area (Å²) < 4.78 is 12.8. The molecule has 3 aromatic rings. The molecule has 0 saturated heterocycles. The van der Waals surface area contributed by atoms with E-state index in [-0.39, 0.29) is 5.91 Å². The summed E-state index contributed by atoms with van der Waals surface area (Å²) in [5.74, 6) is 2.14. The van der Waals surface area contributed by atoms with E-state index >= 15 is 0 Å². The van der Waals surface area contributed by atoms with Crippen LogP contribution in [0.1, 0.15) is 10.4 Å². The minimum absolute atomic E-state index is 0.0611. The fourth-order valence-corrected chi connectivity index (χ4v) is 3.12. The Labute approximate surface area is 139 Å². The summed E-state index contributed by atoms with van der Waals surface area (Å²) in [4.78, 5) is 17.0. The summed E-state index contributed by atoms with van der Waals surface area (Å²) in [6.07, 6.45) is 0. The van der Waals surface area contributed by atoms with Gasteiger partial charge in [0.05, 0.1) is 30.8 Å². The van der Waals surface area contributed by atoms with Crippen LogP contribution in [0.15, 0.2) is 36.4 Å². The molecule has 6 heteroatoms. The second-order valence-electron chi connectivity index (χ2n) is 5.62. The smallest absolute Gasteiger partial charge is 0.253 e. The third-order valence-corrected chi connectivity index (χ3v) is 4.24. The van der Waals surface area contributed by atoms with Crippen LogP contribution in [0.2, 0.25) is 0 Å². The van der Waals surface area contributed by atoms with E-state index < -0.39 is 0 Å². The van der Waals surface area contributed by atoms with Gasteiger partial charge in [-0.2, -0.15) is 0 Å². The first-order valence-electron chi connectivity index (χ1n) is 7.72. The monoisotopic (exact) mass is 323 g/mol. The van der Waals surface area contributed by atoms with Gasteiger partial charge in [-0.15, -0.1) is 0 Å².